The van der Waals surface area contributed by atoms with Crippen LogP contribution in [0.5, 0.6) is 0 Å². The smallest absolute Gasteiger partial charge is 0.276 e. The maximum absolute atomic E-state index is 13.0. The summed E-state index contributed by atoms with van der Waals surface area (Å²) in [4.78, 5) is 41.5. The van der Waals surface area contributed by atoms with Gasteiger partial charge in [-0.15, -0.1) is 11.3 Å². The summed E-state index contributed by atoms with van der Waals surface area (Å²) in [6, 6.07) is 14.1. The molecule has 0 atom stereocenters. The third kappa shape index (κ3) is 5.13. The fourth-order valence-corrected chi connectivity index (χ4v) is 4.33. The van der Waals surface area contributed by atoms with E-state index >= 15 is 0 Å². The Morgan fingerprint density at radius 3 is 2.67 bits per heavy atom. The van der Waals surface area contributed by atoms with E-state index in [1.165, 1.54) is 22.9 Å². The van der Waals surface area contributed by atoms with Crippen molar-refractivity contribution in [2.45, 2.75) is 26.7 Å². The summed E-state index contributed by atoms with van der Waals surface area (Å²) in [5.74, 6) is -0.308. The molecule has 9 heteroatoms. The largest absolute Gasteiger partial charge is 0.326 e. The van der Waals surface area contributed by atoms with E-state index in [4.69, 9.17) is 11.6 Å². The van der Waals surface area contributed by atoms with Crippen molar-refractivity contribution >= 4 is 40.3 Å². The second kappa shape index (κ2) is 9.56. The highest BCUT2D eigenvalue weighted by atomic mass is 35.5. The molecule has 4 rings (SSSR count). The molecule has 0 aliphatic heterocycles. The van der Waals surface area contributed by atoms with Crippen LogP contribution in [0.4, 0.5) is 5.69 Å². The van der Waals surface area contributed by atoms with Crippen LogP contribution < -0.4 is 10.9 Å². The van der Waals surface area contributed by atoms with Crippen LogP contribution in [-0.2, 0) is 11.2 Å². The van der Waals surface area contributed by atoms with Crippen LogP contribution in [0.3, 0.4) is 0 Å². The Morgan fingerprint density at radius 2 is 1.94 bits per heavy atom. The second-order valence-electron chi connectivity index (χ2n) is 7.56. The predicted octanol–water partition coefficient (Wildman–Crippen LogP) is 5.02. The molecule has 0 fully saturated rings. The molecule has 7 nitrogen and oxygen atoms in total. The van der Waals surface area contributed by atoms with Crippen molar-refractivity contribution in [1.29, 1.82) is 0 Å². The maximum atomic E-state index is 13.0. The van der Waals surface area contributed by atoms with E-state index in [0.29, 0.717) is 32.7 Å². The Balaban J connectivity index is 1.46. The number of amides is 1. The van der Waals surface area contributed by atoms with Gasteiger partial charge in [0.1, 0.15) is 0 Å². The van der Waals surface area contributed by atoms with E-state index < -0.39 is 0 Å². The first-order valence-corrected chi connectivity index (χ1v) is 11.5. The number of hydrogen-bond acceptors (Lipinski definition) is 5. The molecule has 2 aromatic carbocycles. The molecule has 0 unspecified atom stereocenters. The van der Waals surface area contributed by atoms with Gasteiger partial charge in [0.15, 0.2) is 5.78 Å². The number of benzene rings is 2. The van der Waals surface area contributed by atoms with Gasteiger partial charge < -0.3 is 5.32 Å². The van der Waals surface area contributed by atoms with Crippen LogP contribution >= 0.6 is 22.9 Å². The molecule has 0 saturated carbocycles. The number of H-pyrrole nitrogens is 1. The van der Waals surface area contributed by atoms with E-state index in [9.17, 15) is 14.4 Å². The lowest BCUT2D eigenvalue weighted by molar-refractivity contribution is -0.116. The molecule has 2 aromatic heterocycles. The van der Waals surface area contributed by atoms with Gasteiger partial charge >= 0.3 is 0 Å². The summed E-state index contributed by atoms with van der Waals surface area (Å²) < 4.78 is 1.41. The van der Waals surface area contributed by atoms with Crippen molar-refractivity contribution < 1.29 is 9.59 Å². The zero-order chi connectivity index (χ0) is 23.5. The first-order chi connectivity index (χ1) is 15.8. The quantitative estimate of drug-likeness (QED) is 0.363. The number of ketones is 1. The summed E-state index contributed by atoms with van der Waals surface area (Å²) >= 11 is 7.30. The van der Waals surface area contributed by atoms with E-state index in [0.717, 1.165) is 11.3 Å². The van der Waals surface area contributed by atoms with Crippen LogP contribution in [0.25, 0.3) is 16.4 Å². The Labute approximate surface area is 199 Å². The van der Waals surface area contributed by atoms with E-state index in [2.05, 4.69) is 15.4 Å². The number of carbonyl (C=O) groups excluding carboxylic acids is 2. The molecule has 0 saturated heterocycles. The number of rotatable bonds is 7. The molecule has 2 N–H and O–H groups in total. The fraction of sp³-hybridized carbons (Fsp3) is 0.167. The highest BCUT2D eigenvalue weighted by molar-refractivity contribution is 7.12. The predicted molar refractivity (Wildman–Crippen MR) is 131 cm³/mol. The van der Waals surface area contributed by atoms with Gasteiger partial charge in [0.05, 0.1) is 5.69 Å². The molecule has 4 aromatic rings. The van der Waals surface area contributed by atoms with E-state index in [1.807, 2.05) is 17.5 Å². The highest BCUT2D eigenvalue weighted by Gasteiger charge is 2.16. The molecule has 33 heavy (non-hydrogen) atoms. The molecule has 168 valence electrons. The Morgan fingerprint density at radius 1 is 1.18 bits per heavy atom. The number of anilines is 1. The Hall–Kier alpha value is -3.49. The first kappa shape index (κ1) is 22.7. The zero-order valence-electron chi connectivity index (χ0n) is 18.0. The second-order valence-corrected chi connectivity index (χ2v) is 8.84. The number of aromatic amines is 1. The van der Waals surface area contributed by atoms with Crippen LogP contribution in [-0.4, -0.2) is 26.5 Å². The van der Waals surface area contributed by atoms with Gasteiger partial charge in [0.25, 0.3) is 5.56 Å². The number of aryl methyl sites for hydroxylation is 1. The monoisotopic (exact) mass is 480 g/mol. The van der Waals surface area contributed by atoms with Crippen molar-refractivity contribution in [1.82, 2.24) is 14.8 Å². The molecule has 0 aliphatic carbocycles. The fourth-order valence-electron chi connectivity index (χ4n) is 3.41. The number of carbonyl (C=O) groups is 2. The molecule has 2 heterocycles. The SMILES string of the molecule is CC(=O)c1cccc(NC(=O)CCc2c(C)[nH]n(-c3nc(-c4ccc(Cl)cc4)cs3)c2=O)c1. The van der Waals surface area contributed by atoms with Gasteiger partial charge in [-0.05, 0) is 44.5 Å². The number of aromatic nitrogens is 3. The van der Waals surface area contributed by atoms with E-state index in [-0.39, 0.29) is 30.1 Å². The van der Waals surface area contributed by atoms with Crippen LogP contribution in [0.2, 0.25) is 5.02 Å². The highest BCUT2D eigenvalue weighted by Crippen LogP contribution is 2.25. The number of nitrogens with one attached hydrogen (secondary N) is 2. The lowest BCUT2D eigenvalue weighted by Crippen LogP contribution is -2.19. The lowest BCUT2D eigenvalue weighted by atomic mass is 10.1. The van der Waals surface area contributed by atoms with Gasteiger partial charge in [-0.1, -0.05) is 35.9 Å². The maximum Gasteiger partial charge on any atom is 0.276 e. The van der Waals surface area contributed by atoms with Crippen molar-refractivity contribution in [3.63, 3.8) is 0 Å². The Kier molecular flexibility index (Phi) is 6.57. The van der Waals surface area contributed by atoms with Crippen LogP contribution in [0, 0.1) is 6.92 Å². The summed E-state index contributed by atoms with van der Waals surface area (Å²) in [7, 11) is 0. The number of Topliss-reactive ketones (excluding diaryl/α,β-unsaturated/α-hetero) is 1. The van der Waals surface area contributed by atoms with Gasteiger partial charge in [0, 0.05) is 44.9 Å². The lowest BCUT2D eigenvalue weighted by Gasteiger charge is -2.06. The van der Waals surface area contributed by atoms with Gasteiger partial charge in [-0.2, -0.15) is 4.68 Å². The standard InChI is InChI=1S/C24H21ClN4O3S/c1-14-20(10-11-22(31)26-19-5-3-4-17(12-19)15(2)30)23(32)29(28-14)24-27-21(13-33-24)16-6-8-18(25)9-7-16/h3-9,12-13,28H,10-11H2,1-2H3,(H,26,31). The van der Waals surface area contributed by atoms with E-state index in [1.54, 1.807) is 43.3 Å². The molecule has 0 aliphatic rings. The molecule has 0 spiro atoms. The van der Waals surface area contributed by atoms with Gasteiger partial charge in [0.2, 0.25) is 11.0 Å². The third-order valence-electron chi connectivity index (χ3n) is 5.17. The van der Waals surface area contributed by atoms with Gasteiger partial charge in [-0.3, -0.25) is 19.5 Å². The summed E-state index contributed by atoms with van der Waals surface area (Å²) in [6.45, 7) is 3.27. The van der Waals surface area contributed by atoms with Crippen LogP contribution in [0.1, 0.15) is 35.0 Å². The summed E-state index contributed by atoms with van der Waals surface area (Å²) in [5.41, 5.74) is 3.73. The van der Waals surface area contributed by atoms with Crippen molar-refractivity contribution in [3.8, 4) is 16.4 Å². The molecular weight excluding hydrogens is 460 g/mol. The Bertz CT molecular complexity index is 1390. The average molecular weight is 481 g/mol. The first-order valence-electron chi connectivity index (χ1n) is 10.2. The van der Waals surface area contributed by atoms with Crippen molar-refractivity contribution in [2.75, 3.05) is 5.32 Å². The number of hydrogen-bond donors (Lipinski definition) is 2. The summed E-state index contributed by atoms with van der Waals surface area (Å²) in [5, 5.41) is 8.88. The van der Waals surface area contributed by atoms with Crippen molar-refractivity contribution in [2.24, 2.45) is 0 Å². The minimum absolute atomic E-state index is 0.0731. The minimum atomic E-state index is -0.235. The topological polar surface area (TPSA) is 96.8 Å². The zero-order valence-corrected chi connectivity index (χ0v) is 19.6. The summed E-state index contributed by atoms with van der Waals surface area (Å²) in [6.07, 6.45) is 0.411. The molecular formula is C24H21ClN4O3S. The molecule has 0 bridgehead atoms. The van der Waals surface area contributed by atoms with Crippen LogP contribution in [0.15, 0.2) is 58.7 Å². The normalized spacial score (nSPS) is 10.9. The minimum Gasteiger partial charge on any atom is -0.326 e. The third-order valence-corrected chi connectivity index (χ3v) is 6.25. The number of thiazole rings is 1. The van der Waals surface area contributed by atoms with Gasteiger partial charge in [-0.25, -0.2) is 4.98 Å². The average Bonchev–Trinajstić information content (AvgIpc) is 3.38. The van der Waals surface area contributed by atoms with Crippen molar-refractivity contribution in [3.05, 3.63) is 86.1 Å². The molecule has 1 amide bonds. The number of halogens is 1. The number of nitrogens with zero attached hydrogens (tertiary/aromatic N) is 2. The molecule has 0 radical (unpaired) electrons.